The molecule has 3 heteroatoms. The fraction of sp³-hybridized carbons (Fsp3) is 0.800. The Morgan fingerprint density at radius 1 is 1.54 bits per heavy atom. The first-order valence-electron chi connectivity index (χ1n) is 4.78. The molecule has 0 spiro atoms. The van der Waals surface area contributed by atoms with Gasteiger partial charge in [-0.15, -0.1) is 0 Å². The minimum Gasteiger partial charge on any atom is -0.481 e. The number of Topliss-reactive ketones (excluding diaryl/α,β-unsaturated/α-hetero) is 1. The number of hydrogen-bond donors (Lipinski definition) is 1. The van der Waals surface area contributed by atoms with E-state index in [1.807, 2.05) is 6.92 Å². The van der Waals surface area contributed by atoms with Gasteiger partial charge in [0.25, 0.3) is 0 Å². The molecule has 0 aromatic carbocycles. The molecular formula is C10H16O3. The summed E-state index contributed by atoms with van der Waals surface area (Å²) < 4.78 is 0. The van der Waals surface area contributed by atoms with E-state index in [-0.39, 0.29) is 11.7 Å². The average molecular weight is 184 g/mol. The van der Waals surface area contributed by atoms with Gasteiger partial charge < -0.3 is 5.11 Å². The summed E-state index contributed by atoms with van der Waals surface area (Å²) in [5.74, 6) is -1.04. The molecule has 0 aromatic rings. The average Bonchev–Trinajstić information content (AvgIpc) is 2.03. The minimum absolute atomic E-state index is 0.133. The quantitative estimate of drug-likeness (QED) is 0.710. The molecule has 74 valence electrons. The standard InChI is InChI=1S/C10H16O3/c1-6-3-4-8(9(11)5-6)7(2)10(12)13/h6-8H,3-5H2,1-2H3,(H,12,13)/t6-,7-,8+/m1/s1. The Kier molecular flexibility index (Phi) is 3.07. The first-order valence-corrected chi connectivity index (χ1v) is 4.78. The van der Waals surface area contributed by atoms with E-state index in [0.29, 0.717) is 12.3 Å². The van der Waals surface area contributed by atoms with Crippen molar-refractivity contribution in [3.05, 3.63) is 0 Å². The number of carbonyl (C=O) groups is 2. The maximum Gasteiger partial charge on any atom is 0.306 e. The van der Waals surface area contributed by atoms with Gasteiger partial charge in [0.05, 0.1) is 5.92 Å². The molecule has 13 heavy (non-hydrogen) atoms. The summed E-state index contributed by atoms with van der Waals surface area (Å²) >= 11 is 0. The summed E-state index contributed by atoms with van der Waals surface area (Å²) in [7, 11) is 0. The number of carboxylic acids is 1. The number of ketones is 1. The Bertz CT molecular complexity index is 222. The van der Waals surface area contributed by atoms with Crippen molar-refractivity contribution in [1.29, 1.82) is 0 Å². The van der Waals surface area contributed by atoms with Gasteiger partial charge in [-0.25, -0.2) is 0 Å². The van der Waals surface area contributed by atoms with Crippen LogP contribution in [0.5, 0.6) is 0 Å². The molecule has 0 amide bonds. The Morgan fingerprint density at radius 2 is 2.15 bits per heavy atom. The van der Waals surface area contributed by atoms with Crippen molar-refractivity contribution in [3.63, 3.8) is 0 Å². The molecule has 0 aromatic heterocycles. The minimum atomic E-state index is -0.854. The number of carboxylic acid groups (broad SMARTS) is 1. The van der Waals surface area contributed by atoms with Crippen molar-refractivity contribution >= 4 is 11.8 Å². The van der Waals surface area contributed by atoms with Crippen molar-refractivity contribution in [1.82, 2.24) is 0 Å². The molecule has 0 saturated heterocycles. The maximum atomic E-state index is 11.5. The van der Waals surface area contributed by atoms with Gasteiger partial charge in [0.2, 0.25) is 0 Å². The van der Waals surface area contributed by atoms with Gasteiger partial charge in [-0.1, -0.05) is 13.8 Å². The predicted octanol–water partition coefficient (Wildman–Crippen LogP) is 1.71. The molecule has 1 N–H and O–H groups in total. The fourth-order valence-corrected chi connectivity index (χ4v) is 1.92. The Hall–Kier alpha value is -0.860. The normalized spacial score (nSPS) is 31.4. The third kappa shape index (κ3) is 2.29. The maximum absolute atomic E-state index is 11.5. The molecule has 0 heterocycles. The third-order valence-electron chi connectivity index (χ3n) is 2.93. The number of hydrogen-bond acceptors (Lipinski definition) is 2. The van der Waals surface area contributed by atoms with E-state index >= 15 is 0 Å². The lowest BCUT2D eigenvalue weighted by Gasteiger charge is -2.27. The van der Waals surface area contributed by atoms with Crippen LogP contribution in [-0.4, -0.2) is 16.9 Å². The van der Waals surface area contributed by atoms with Crippen LogP contribution in [0.25, 0.3) is 0 Å². The first kappa shape index (κ1) is 10.2. The highest BCUT2D eigenvalue weighted by atomic mass is 16.4. The Balaban J connectivity index is 2.61. The van der Waals surface area contributed by atoms with E-state index in [9.17, 15) is 9.59 Å². The van der Waals surface area contributed by atoms with Crippen molar-refractivity contribution in [3.8, 4) is 0 Å². The lowest BCUT2D eigenvalue weighted by molar-refractivity contribution is -0.147. The topological polar surface area (TPSA) is 54.4 Å². The van der Waals surface area contributed by atoms with Crippen LogP contribution in [0.3, 0.4) is 0 Å². The van der Waals surface area contributed by atoms with Crippen molar-refractivity contribution in [2.45, 2.75) is 33.1 Å². The van der Waals surface area contributed by atoms with Crippen LogP contribution in [0.1, 0.15) is 33.1 Å². The van der Waals surface area contributed by atoms with Gasteiger partial charge in [0.1, 0.15) is 5.78 Å². The second-order valence-electron chi connectivity index (χ2n) is 4.09. The van der Waals surface area contributed by atoms with Crippen LogP contribution in [0.2, 0.25) is 0 Å². The van der Waals surface area contributed by atoms with E-state index in [1.165, 1.54) is 0 Å². The summed E-state index contributed by atoms with van der Waals surface area (Å²) in [5.41, 5.74) is 0. The Morgan fingerprint density at radius 3 is 2.62 bits per heavy atom. The van der Waals surface area contributed by atoms with Gasteiger partial charge in [0.15, 0.2) is 0 Å². The Labute approximate surface area is 78.1 Å². The fourth-order valence-electron chi connectivity index (χ4n) is 1.92. The summed E-state index contributed by atoms with van der Waals surface area (Å²) in [5, 5.41) is 8.77. The number of aliphatic carboxylic acids is 1. The zero-order valence-corrected chi connectivity index (χ0v) is 8.12. The predicted molar refractivity (Wildman–Crippen MR) is 48.3 cm³/mol. The summed E-state index contributed by atoms with van der Waals surface area (Å²) in [6.45, 7) is 3.67. The van der Waals surface area contributed by atoms with E-state index in [2.05, 4.69) is 0 Å². The van der Waals surface area contributed by atoms with Gasteiger partial charge in [-0.2, -0.15) is 0 Å². The molecule has 1 aliphatic carbocycles. The van der Waals surface area contributed by atoms with E-state index < -0.39 is 11.9 Å². The molecule has 0 aliphatic heterocycles. The van der Waals surface area contributed by atoms with Crippen molar-refractivity contribution in [2.75, 3.05) is 0 Å². The van der Waals surface area contributed by atoms with Crippen LogP contribution in [0.4, 0.5) is 0 Å². The molecule has 1 fully saturated rings. The van der Waals surface area contributed by atoms with E-state index in [1.54, 1.807) is 6.92 Å². The van der Waals surface area contributed by atoms with E-state index in [0.717, 1.165) is 12.8 Å². The lowest BCUT2D eigenvalue weighted by atomic mass is 9.76. The third-order valence-corrected chi connectivity index (χ3v) is 2.93. The second kappa shape index (κ2) is 3.90. The monoisotopic (exact) mass is 184 g/mol. The molecule has 0 radical (unpaired) electrons. The van der Waals surface area contributed by atoms with Crippen molar-refractivity contribution in [2.24, 2.45) is 17.8 Å². The van der Waals surface area contributed by atoms with Gasteiger partial charge >= 0.3 is 5.97 Å². The summed E-state index contributed by atoms with van der Waals surface area (Å²) in [6, 6.07) is 0. The highest BCUT2D eigenvalue weighted by Crippen LogP contribution is 2.30. The largest absolute Gasteiger partial charge is 0.481 e. The van der Waals surface area contributed by atoms with Crippen LogP contribution in [-0.2, 0) is 9.59 Å². The highest BCUT2D eigenvalue weighted by molar-refractivity contribution is 5.86. The van der Waals surface area contributed by atoms with Crippen LogP contribution < -0.4 is 0 Å². The SMILES string of the molecule is C[C@@H]1CC[C@@H]([C@@H](C)C(=O)O)C(=O)C1. The van der Waals surface area contributed by atoms with Crippen LogP contribution in [0, 0.1) is 17.8 Å². The van der Waals surface area contributed by atoms with Gasteiger partial charge in [0, 0.05) is 12.3 Å². The summed E-state index contributed by atoms with van der Waals surface area (Å²) in [4.78, 5) is 22.2. The number of carbonyl (C=O) groups excluding carboxylic acids is 1. The van der Waals surface area contributed by atoms with E-state index in [4.69, 9.17) is 5.11 Å². The zero-order valence-electron chi connectivity index (χ0n) is 8.12. The molecule has 1 aliphatic rings. The first-order chi connectivity index (χ1) is 6.02. The summed E-state index contributed by atoms with van der Waals surface area (Å²) in [6.07, 6.45) is 2.28. The molecule has 0 unspecified atom stereocenters. The highest BCUT2D eigenvalue weighted by Gasteiger charge is 2.33. The zero-order chi connectivity index (χ0) is 10.0. The van der Waals surface area contributed by atoms with Crippen LogP contribution in [0.15, 0.2) is 0 Å². The molecular weight excluding hydrogens is 168 g/mol. The molecule has 0 bridgehead atoms. The molecule has 1 rings (SSSR count). The van der Waals surface area contributed by atoms with Gasteiger partial charge in [-0.05, 0) is 18.8 Å². The smallest absolute Gasteiger partial charge is 0.306 e. The number of rotatable bonds is 2. The molecule has 3 atom stereocenters. The lowest BCUT2D eigenvalue weighted by Crippen LogP contribution is -2.32. The molecule has 3 nitrogen and oxygen atoms in total. The van der Waals surface area contributed by atoms with Gasteiger partial charge in [-0.3, -0.25) is 9.59 Å². The molecule has 1 saturated carbocycles. The van der Waals surface area contributed by atoms with Crippen molar-refractivity contribution < 1.29 is 14.7 Å². The second-order valence-corrected chi connectivity index (χ2v) is 4.09. The van der Waals surface area contributed by atoms with Crippen LogP contribution >= 0.6 is 0 Å².